The second kappa shape index (κ2) is 5.65. The first-order valence-electron chi connectivity index (χ1n) is 6.03. The van der Waals surface area contributed by atoms with Gasteiger partial charge in [-0.1, -0.05) is 0 Å². The van der Waals surface area contributed by atoms with E-state index in [1.807, 2.05) is 18.7 Å². The summed E-state index contributed by atoms with van der Waals surface area (Å²) in [6.45, 7) is 3.56. The molecule has 5 heteroatoms. The summed E-state index contributed by atoms with van der Waals surface area (Å²) < 4.78 is 1.85. The minimum atomic E-state index is 0.221. The molecule has 0 saturated carbocycles. The number of thiophene rings is 1. The highest BCUT2D eigenvalue weighted by molar-refractivity contribution is 7.07. The molecule has 2 aromatic rings. The number of likely N-dealkylation sites (N-methyl/N-ethyl adjacent to an activating group) is 1. The minimum absolute atomic E-state index is 0.221. The molecule has 4 nitrogen and oxygen atoms in total. The highest BCUT2D eigenvalue weighted by atomic mass is 32.1. The lowest BCUT2D eigenvalue weighted by Crippen LogP contribution is -2.30. The molecule has 1 atom stereocenters. The molecule has 0 amide bonds. The van der Waals surface area contributed by atoms with Crippen LogP contribution in [0.25, 0.3) is 0 Å². The van der Waals surface area contributed by atoms with E-state index in [4.69, 9.17) is 5.73 Å². The highest BCUT2D eigenvalue weighted by Gasteiger charge is 2.19. The van der Waals surface area contributed by atoms with Crippen LogP contribution >= 0.6 is 11.3 Å². The second-order valence-corrected chi connectivity index (χ2v) is 5.42. The van der Waals surface area contributed by atoms with E-state index >= 15 is 0 Å². The van der Waals surface area contributed by atoms with Crippen LogP contribution in [-0.4, -0.2) is 28.3 Å². The van der Waals surface area contributed by atoms with E-state index in [1.165, 1.54) is 11.1 Å². The van der Waals surface area contributed by atoms with Crippen LogP contribution in [0.4, 0.5) is 0 Å². The molecule has 2 heterocycles. The molecular formula is C13H20N4S. The van der Waals surface area contributed by atoms with Crippen molar-refractivity contribution in [2.24, 2.45) is 12.8 Å². The molecule has 18 heavy (non-hydrogen) atoms. The maximum atomic E-state index is 5.94. The summed E-state index contributed by atoms with van der Waals surface area (Å²) in [5.41, 5.74) is 9.55. The van der Waals surface area contributed by atoms with E-state index in [0.717, 1.165) is 12.2 Å². The van der Waals surface area contributed by atoms with E-state index in [2.05, 4.69) is 40.1 Å². The predicted octanol–water partition coefficient (Wildman–Crippen LogP) is 1.92. The lowest BCUT2D eigenvalue weighted by molar-refractivity contribution is 0.241. The molecule has 1 unspecified atom stereocenters. The molecular weight excluding hydrogens is 244 g/mol. The standard InChI is InChI=1S/C13H20N4S/c1-10-12(8-17(3)15-10)13(6-14)16(2)7-11-4-5-18-9-11/h4-5,8-9,13H,6-7,14H2,1-3H3. The van der Waals surface area contributed by atoms with Crippen LogP contribution in [0.1, 0.15) is 22.9 Å². The third-order valence-electron chi connectivity index (χ3n) is 3.18. The summed E-state index contributed by atoms with van der Waals surface area (Å²) in [5, 5.41) is 8.68. The van der Waals surface area contributed by atoms with Gasteiger partial charge in [0.2, 0.25) is 0 Å². The molecule has 0 aliphatic heterocycles. The fourth-order valence-electron chi connectivity index (χ4n) is 2.27. The fraction of sp³-hybridized carbons (Fsp3) is 0.462. The smallest absolute Gasteiger partial charge is 0.0641 e. The topological polar surface area (TPSA) is 47.1 Å². The monoisotopic (exact) mass is 264 g/mol. The molecule has 2 N–H and O–H groups in total. The first-order valence-corrected chi connectivity index (χ1v) is 6.97. The Hall–Kier alpha value is -1.17. The summed E-state index contributed by atoms with van der Waals surface area (Å²) in [7, 11) is 4.06. The lowest BCUT2D eigenvalue weighted by Gasteiger charge is -2.26. The van der Waals surface area contributed by atoms with Gasteiger partial charge in [0.15, 0.2) is 0 Å². The van der Waals surface area contributed by atoms with Crippen LogP contribution in [0.3, 0.4) is 0 Å². The zero-order valence-electron chi connectivity index (χ0n) is 11.1. The molecule has 0 bridgehead atoms. The number of rotatable bonds is 5. The maximum absolute atomic E-state index is 5.94. The van der Waals surface area contributed by atoms with Crippen LogP contribution < -0.4 is 5.73 Å². The van der Waals surface area contributed by atoms with Crippen molar-refractivity contribution in [2.75, 3.05) is 13.6 Å². The van der Waals surface area contributed by atoms with Gasteiger partial charge in [0.05, 0.1) is 11.7 Å². The SMILES string of the molecule is Cc1nn(C)cc1C(CN)N(C)Cc1ccsc1. The summed E-state index contributed by atoms with van der Waals surface area (Å²) in [4.78, 5) is 2.28. The van der Waals surface area contributed by atoms with Gasteiger partial charge in [0.25, 0.3) is 0 Å². The van der Waals surface area contributed by atoms with E-state index < -0.39 is 0 Å². The Morgan fingerprint density at radius 3 is 2.83 bits per heavy atom. The quantitative estimate of drug-likeness (QED) is 0.897. The van der Waals surface area contributed by atoms with Gasteiger partial charge in [-0.15, -0.1) is 0 Å². The molecule has 0 aromatic carbocycles. The average molecular weight is 264 g/mol. The highest BCUT2D eigenvalue weighted by Crippen LogP contribution is 2.23. The molecule has 0 aliphatic carbocycles. The molecule has 98 valence electrons. The van der Waals surface area contributed by atoms with E-state index in [1.54, 1.807) is 11.3 Å². The van der Waals surface area contributed by atoms with Gasteiger partial charge in [-0.2, -0.15) is 16.4 Å². The number of nitrogens with zero attached hydrogens (tertiary/aromatic N) is 3. The van der Waals surface area contributed by atoms with Gasteiger partial charge < -0.3 is 5.73 Å². The van der Waals surface area contributed by atoms with Crippen LogP contribution in [0.5, 0.6) is 0 Å². The summed E-state index contributed by atoms with van der Waals surface area (Å²) in [6, 6.07) is 2.38. The van der Waals surface area contributed by atoms with Crippen molar-refractivity contribution in [3.8, 4) is 0 Å². The normalized spacial score (nSPS) is 13.2. The van der Waals surface area contributed by atoms with Crippen molar-refractivity contribution in [3.05, 3.63) is 39.8 Å². The van der Waals surface area contributed by atoms with Gasteiger partial charge in [-0.25, -0.2) is 0 Å². The van der Waals surface area contributed by atoms with Gasteiger partial charge in [0.1, 0.15) is 0 Å². The number of hydrogen-bond acceptors (Lipinski definition) is 4. The fourth-order valence-corrected chi connectivity index (χ4v) is 2.93. The third-order valence-corrected chi connectivity index (χ3v) is 3.91. The van der Waals surface area contributed by atoms with Gasteiger partial charge >= 0.3 is 0 Å². The van der Waals surface area contributed by atoms with Crippen molar-refractivity contribution in [3.63, 3.8) is 0 Å². The number of hydrogen-bond donors (Lipinski definition) is 1. The zero-order valence-corrected chi connectivity index (χ0v) is 11.9. The van der Waals surface area contributed by atoms with Crippen molar-refractivity contribution in [1.29, 1.82) is 0 Å². The minimum Gasteiger partial charge on any atom is -0.329 e. The predicted molar refractivity (Wildman–Crippen MR) is 75.5 cm³/mol. The zero-order chi connectivity index (χ0) is 13.1. The Morgan fingerprint density at radius 2 is 2.33 bits per heavy atom. The van der Waals surface area contributed by atoms with Crippen molar-refractivity contribution < 1.29 is 0 Å². The van der Waals surface area contributed by atoms with Gasteiger partial charge in [-0.3, -0.25) is 9.58 Å². The first kappa shape index (κ1) is 13.3. The molecule has 0 saturated heterocycles. The number of aryl methyl sites for hydroxylation is 2. The Bertz CT molecular complexity index is 489. The molecule has 2 rings (SSSR count). The summed E-state index contributed by atoms with van der Waals surface area (Å²) in [5.74, 6) is 0. The average Bonchev–Trinajstić information content (AvgIpc) is 2.91. The molecule has 0 radical (unpaired) electrons. The van der Waals surface area contributed by atoms with E-state index in [0.29, 0.717) is 6.54 Å². The summed E-state index contributed by atoms with van der Waals surface area (Å²) >= 11 is 1.73. The molecule has 2 aromatic heterocycles. The van der Waals surface area contributed by atoms with Crippen LogP contribution in [0, 0.1) is 6.92 Å². The second-order valence-electron chi connectivity index (χ2n) is 4.64. The lowest BCUT2D eigenvalue weighted by atomic mass is 10.1. The Kier molecular flexibility index (Phi) is 4.16. The Morgan fingerprint density at radius 1 is 1.56 bits per heavy atom. The molecule has 0 aliphatic rings. The molecule has 0 fully saturated rings. The van der Waals surface area contributed by atoms with Crippen molar-refractivity contribution in [2.45, 2.75) is 19.5 Å². The maximum Gasteiger partial charge on any atom is 0.0641 e. The third kappa shape index (κ3) is 2.80. The van der Waals surface area contributed by atoms with Crippen molar-refractivity contribution in [1.82, 2.24) is 14.7 Å². The van der Waals surface area contributed by atoms with Crippen LogP contribution in [0.15, 0.2) is 23.0 Å². The molecule has 0 spiro atoms. The van der Waals surface area contributed by atoms with Crippen molar-refractivity contribution >= 4 is 11.3 Å². The first-order chi connectivity index (χ1) is 8.61. The number of aromatic nitrogens is 2. The van der Waals surface area contributed by atoms with Crippen LogP contribution in [0.2, 0.25) is 0 Å². The summed E-state index contributed by atoms with van der Waals surface area (Å²) in [6.07, 6.45) is 2.07. The Balaban J connectivity index is 2.15. The van der Waals surface area contributed by atoms with Gasteiger partial charge in [0, 0.05) is 31.9 Å². The van der Waals surface area contributed by atoms with E-state index in [-0.39, 0.29) is 6.04 Å². The van der Waals surface area contributed by atoms with E-state index in [9.17, 15) is 0 Å². The Labute approximate surface area is 112 Å². The largest absolute Gasteiger partial charge is 0.329 e. The number of nitrogens with two attached hydrogens (primary N) is 1. The van der Waals surface area contributed by atoms with Crippen LogP contribution in [-0.2, 0) is 13.6 Å². The van der Waals surface area contributed by atoms with Gasteiger partial charge in [-0.05, 0) is 36.4 Å².